The number of aromatic nitrogens is 1. The molecule has 0 aliphatic carbocycles. The number of carbonyl (C=O) groups excluding carboxylic acids is 2. The van der Waals surface area contributed by atoms with Crippen LogP contribution in [0.1, 0.15) is 26.3 Å². The average Bonchev–Trinajstić information content (AvgIpc) is 2.75. The van der Waals surface area contributed by atoms with Crippen LogP contribution in [0.4, 0.5) is 4.39 Å². The van der Waals surface area contributed by atoms with Crippen molar-refractivity contribution in [1.29, 1.82) is 0 Å². The van der Waals surface area contributed by atoms with Crippen molar-refractivity contribution in [2.75, 3.05) is 13.1 Å². The molecular weight excluding hydrogens is 469 g/mol. The van der Waals surface area contributed by atoms with E-state index in [1.54, 1.807) is 37.4 Å². The summed E-state index contributed by atoms with van der Waals surface area (Å²) in [4.78, 5) is 29.8. The zero-order valence-corrected chi connectivity index (χ0v) is 18.5. The van der Waals surface area contributed by atoms with Gasteiger partial charge < -0.3 is 10.6 Å². The maximum atomic E-state index is 13.6. The van der Waals surface area contributed by atoms with Gasteiger partial charge in [0.15, 0.2) is 0 Å². The summed E-state index contributed by atoms with van der Waals surface area (Å²) in [5.41, 5.74) is 1.25. The SMILES string of the molecule is Cc1ccc(C(=O)NCCNC(=O)c2ccccc2Sc2ccc(Br)cn2)cc1F. The fourth-order valence-electron chi connectivity index (χ4n) is 2.56. The normalized spacial score (nSPS) is 10.5. The van der Waals surface area contributed by atoms with Crippen molar-refractivity contribution in [2.45, 2.75) is 16.8 Å². The van der Waals surface area contributed by atoms with Crippen molar-refractivity contribution >= 4 is 39.5 Å². The fourth-order valence-corrected chi connectivity index (χ4v) is 3.68. The molecule has 1 aromatic heterocycles. The van der Waals surface area contributed by atoms with E-state index in [2.05, 4.69) is 31.5 Å². The van der Waals surface area contributed by atoms with E-state index in [-0.39, 0.29) is 30.5 Å². The summed E-state index contributed by atoms with van der Waals surface area (Å²) in [6, 6.07) is 15.3. The molecule has 0 saturated heterocycles. The van der Waals surface area contributed by atoms with Gasteiger partial charge in [0.05, 0.1) is 5.56 Å². The van der Waals surface area contributed by atoms with Crippen LogP contribution in [-0.4, -0.2) is 29.9 Å². The standard InChI is InChI=1S/C22H19BrFN3O2S/c1-14-6-7-15(12-18(14)24)21(28)25-10-11-26-22(29)17-4-2-3-5-19(17)30-20-9-8-16(23)13-27-20/h2-9,12-13H,10-11H2,1H3,(H,25,28)(H,26,29). The highest BCUT2D eigenvalue weighted by molar-refractivity contribution is 9.10. The first-order valence-corrected chi connectivity index (χ1v) is 10.8. The summed E-state index contributed by atoms with van der Waals surface area (Å²) in [5.74, 6) is -1.06. The number of carbonyl (C=O) groups is 2. The highest BCUT2D eigenvalue weighted by Gasteiger charge is 2.13. The van der Waals surface area contributed by atoms with E-state index in [4.69, 9.17) is 0 Å². The summed E-state index contributed by atoms with van der Waals surface area (Å²) in [7, 11) is 0. The van der Waals surface area contributed by atoms with Crippen LogP contribution in [-0.2, 0) is 0 Å². The molecule has 2 aromatic carbocycles. The van der Waals surface area contributed by atoms with Crippen molar-refractivity contribution in [3.63, 3.8) is 0 Å². The Morgan fingerprint density at radius 1 is 1.03 bits per heavy atom. The first-order chi connectivity index (χ1) is 14.4. The Kier molecular flexibility index (Phi) is 7.59. The van der Waals surface area contributed by atoms with Crippen molar-refractivity contribution in [3.05, 3.63) is 87.8 Å². The molecule has 0 atom stereocenters. The number of pyridine rings is 1. The molecule has 1 heterocycles. The fraction of sp³-hybridized carbons (Fsp3) is 0.136. The Labute approximate surface area is 186 Å². The van der Waals surface area contributed by atoms with Crippen LogP contribution < -0.4 is 10.6 Å². The lowest BCUT2D eigenvalue weighted by Crippen LogP contribution is -2.34. The van der Waals surface area contributed by atoms with Crippen molar-refractivity contribution in [3.8, 4) is 0 Å². The van der Waals surface area contributed by atoms with Crippen LogP contribution in [0.5, 0.6) is 0 Å². The number of rotatable bonds is 7. The summed E-state index contributed by atoms with van der Waals surface area (Å²) < 4.78 is 14.5. The minimum Gasteiger partial charge on any atom is -0.350 e. The molecule has 2 N–H and O–H groups in total. The average molecular weight is 488 g/mol. The highest BCUT2D eigenvalue weighted by atomic mass is 79.9. The predicted molar refractivity (Wildman–Crippen MR) is 118 cm³/mol. The van der Waals surface area contributed by atoms with Crippen LogP contribution in [0.2, 0.25) is 0 Å². The van der Waals surface area contributed by atoms with Gasteiger partial charge in [0, 0.05) is 34.2 Å². The monoisotopic (exact) mass is 487 g/mol. The first-order valence-electron chi connectivity index (χ1n) is 9.15. The zero-order valence-electron chi connectivity index (χ0n) is 16.1. The summed E-state index contributed by atoms with van der Waals surface area (Å²) in [6.07, 6.45) is 1.70. The lowest BCUT2D eigenvalue weighted by molar-refractivity contribution is 0.0926. The Morgan fingerprint density at radius 3 is 2.47 bits per heavy atom. The molecule has 0 aliphatic rings. The quantitative estimate of drug-likeness (QED) is 0.477. The Bertz CT molecular complexity index is 1060. The molecule has 2 amide bonds. The third-order valence-electron chi connectivity index (χ3n) is 4.18. The van der Waals surface area contributed by atoms with Crippen LogP contribution >= 0.6 is 27.7 Å². The van der Waals surface area contributed by atoms with Gasteiger partial charge >= 0.3 is 0 Å². The molecule has 0 saturated carbocycles. The summed E-state index contributed by atoms with van der Waals surface area (Å²) >= 11 is 4.75. The van der Waals surface area contributed by atoms with E-state index in [0.717, 1.165) is 14.4 Å². The van der Waals surface area contributed by atoms with Crippen LogP contribution in [0.15, 0.2) is 75.2 Å². The number of nitrogens with zero attached hydrogens (tertiary/aromatic N) is 1. The Balaban J connectivity index is 1.54. The molecule has 0 fully saturated rings. The molecular formula is C22H19BrFN3O2S. The molecule has 5 nitrogen and oxygen atoms in total. The van der Waals surface area contributed by atoms with E-state index >= 15 is 0 Å². The van der Waals surface area contributed by atoms with Crippen molar-refractivity contribution in [2.24, 2.45) is 0 Å². The second kappa shape index (κ2) is 10.4. The van der Waals surface area contributed by atoms with E-state index in [1.165, 1.54) is 17.8 Å². The molecule has 154 valence electrons. The molecule has 3 aromatic rings. The number of nitrogens with one attached hydrogen (secondary N) is 2. The highest BCUT2D eigenvalue weighted by Crippen LogP contribution is 2.29. The van der Waals surface area contributed by atoms with Gasteiger partial charge in [-0.1, -0.05) is 30.0 Å². The third-order valence-corrected chi connectivity index (χ3v) is 5.67. The van der Waals surface area contributed by atoms with E-state index in [0.29, 0.717) is 11.1 Å². The Morgan fingerprint density at radius 2 is 1.77 bits per heavy atom. The maximum Gasteiger partial charge on any atom is 0.252 e. The van der Waals surface area contributed by atoms with Gasteiger partial charge in [0.2, 0.25) is 0 Å². The molecule has 3 rings (SSSR count). The molecule has 0 aliphatic heterocycles. The number of halogens is 2. The lowest BCUT2D eigenvalue weighted by atomic mass is 10.1. The molecule has 0 spiro atoms. The number of hydrogen-bond acceptors (Lipinski definition) is 4. The van der Waals surface area contributed by atoms with Gasteiger partial charge in [-0.3, -0.25) is 9.59 Å². The number of benzene rings is 2. The minimum absolute atomic E-state index is 0.226. The van der Waals surface area contributed by atoms with Crippen LogP contribution in [0.25, 0.3) is 0 Å². The van der Waals surface area contributed by atoms with Gasteiger partial charge in [-0.05, 0) is 64.8 Å². The second-order valence-corrected chi connectivity index (χ2v) is 8.37. The largest absolute Gasteiger partial charge is 0.350 e. The van der Waals surface area contributed by atoms with Gasteiger partial charge in [0.25, 0.3) is 11.8 Å². The molecule has 8 heteroatoms. The van der Waals surface area contributed by atoms with Crippen LogP contribution in [0, 0.1) is 12.7 Å². The lowest BCUT2D eigenvalue weighted by Gasteiger charge is -2.10. The number of hydrogen-bond donors (Lipinski definition) is 2. The van der Waals surface area contributed by atoms with Crippen LogP contribution in [0.3, 0.4) is 0 Å². The van der Waals surface area contributed by atoms with E-state index in [9.17, 15) is 14.0 Å². The van der Waals surface area contributed by atoms with E-state index in [1.807, 2.05) is 24.3 Å². The molecule has 0 unspecified atom stereocenters. The van der Waals surface area contributed by atoms with Gasteiger partial charge in [0.1, 0.15) is 10.8 Å². The number of amides is 2. The molecule has 0 bridgehead atoms. The smallest absolute Gasteiger partial charge is 0.252 e. The zero-order chi connectivity index (χ0) is 21.5. The number of aryl methyl sites for hydroxylation is 1. The first kappa shape index (κ1) is 22.0. The topological polar surface area (TPSA) is 71.1 Å². The second-order valence-electron chi connectivity index (χ2n) is 6.39. The van der Waals surface area contributed by atoms with Gasteiger partial charge in [-0.15, -0.1) is 0 Å². The molecule has 0 radical (unpaired) electrons. The summed E-state index contributed by atoms with van der Waals surface area (Å²) in [6.45, 7) is 2.10. The summed E-state index contributed by atoms with van der Waals surface area (Å²) in [5, 5.41) is 6.24. The van der Waals surface area contributed by atoms with Gasteiger partial charge in [-0.25, -0.2) is 9.37 Å². The van der Waals surface area contributed by atoms with Gasteiger partial charge in [-0.2, -0.15) is 0 Å². The van der Waals surface area contributed by atoms with Crippen molar-refractivity contribution in [1.82, 2.24) is 15.6 Å². The third kappa shape index (κ3) is 5.90. The Hall–Kier alpha value is -2.71. The predicted octanol–water partition coefficient (Wildman–Crippen LogP) is 4.60. The minimum atomic E-state index is -0.426. The maximum absolute atomic E-state index is 13.6. The van der Waals surface area contributed by atoms with Crippen molar-refractivity contribution < 1.29 is 14.0 Å². The van der Waals surface area contributed by atoms with E-state index < -0.39 is 5.82 Å². The molecule has 30 heavy (non-hydrogen) atoms.